The molecule has 0 unspecified atom stereocenters. The van der Waals surface area contributed by atoms with Gasteiger partial charge < -0.3 is 14.6 Å². The minimum atomic E-state index is -4.20. The highest BCUT2D eigenvalue weighted by atomic mass is 35.5. The Kier molecular flexibility index (Phi) is 7.22. The third-order valence-corrected chi connectivity index (χ3v) is 5.05. The normalized spacial score (nSPS) is 14.9. The summed E-state index contributed by atoms with van der Waals surface area (Å²) in [7, 11) is 0. The Bertz CT molecular complexity index is 942. The van der Waals surface area contributed by atoms with Crippen LogP contribution in [-0.4, -0.2) is 59.3 Å². The molecule has 3 rings (SSSR count). The van der Waals surface area contributed by atoms with Gasteiger partial charge in [-0.2, -0.15) is 13.2 Å². The summed E-state index contributed by atoms with van der Waals surface area (Å²) < 4.78 is 57.4. The number of carbonyl (C=O) groups is 1. The van der Waals surface area contributed by atoms with Crippen LogP contribution in [0.25, 0.3) is 5.70 Å². The molecule has 6 nitrogen and oxygen atoms in total. The first-order valence-corrected chi connectivity index (χ1v) is 9.84. The third kappa shape index (κ3) is 6.70. The zero-order valence-electron chi connectivity index (χ0n) is 16.5. The topological polar surface area (TPSA) is 59.4 Å². The summed E-state index contributed by atoms with van der Waals surface area (Å²) in [5.41, 5.74) is 1.39. The molecule has 1 aliphatic heterocycles. The molecule has 1 N–H and O–H groups in total. The molecule has 168 valence electrons. The predicted molar refractivity (Wildman–Crippen MR) is 107 cm³/mol. The van der Waals surface area contributed by atoms with E-state index in [9.17, 15) is 22.4 Å². The molecule has 1 aliphatic rings. The van der Waals surface area contributed by atoms with Gasteiger partial charge >= 0.3 is 6.18 Å². The van der Waals surface area contributed by atoms with Gasteiger partial charge in [0.1, 0.15) is 11.6 Å². The Labute approximate surface area is 181 Å². The number of aromatic nitrogens is 2. The summed E-state index contributed by atoms with van der Waals surface area (Å²) in [5, 5.41) is 2.63. The molecule has 0 saturated carbocycles. The fraction of sp³-hybridized carbons (Fsp3) is 0.400. The molecule has 0 radical (unpaired) electrons. The van der Waals surface area contributed by atoms with E-state index in [0.29, 0.717) is 37.4 Å². The second-order valence-corrected chi connectivity index (χ2v) is 7.65. The molecule has 0 spiro atoms. The number of nitrogens with one attached hydrogen (secondary N) is 1. The molecule has 11 heteroatoms. The Morgan fingerprint density at radius 1 is 1.35 bits per heavy atom. The van der Waals surface area contributed by atoms with E-state index >= 15 is 0 Å². The van der Waals surface area contributed by atoms with Crippen molar-refractivity contribution in [1.29, 1.82) is 0 Å². The van der Waals surface area contributed by atoms with E-state index < -0.39 is 18.5 Å². The first-order valence-electron chi connectivity index (χ1n) is 9.46. The zero-order valence-corrected chi connectivity index (χ0v) is 17.2. The van der Waals surface area contributed by atoms with Crippen LogP contribution in [-0.2, 0) is 4.79 Å². The molecule has 1 amide bonds. The van der Waals surface area contributed by atoms with Crippen LogP contribution in [0.5, 0.6) is 5.75 Å². The van der Waals surface area contributed by atoms with E-state index in [-0.39, 0.29) is 29.2 Å². The number of ether oxygens (including phenoxy) is 1. The Morgan fingerprint density at radius 3 is 2.77 bits per heavy atom. The van der Waals surface area contributed by atoms with Gasteiger partial charge in [0.2, 0.25) is 0 Å². The number of likely N-dealkylation sites (tertiary alicyclic amines) is 1. The average Bonchev–Trinajstić information content (AvgIpc) is 3.14. The molecular formula is C20H21ClF4N4O2. The molecule has 1 aromatic heterocycles. The number of nitrogens with zero attached hydrogens (tertiary/aromatic N) is 3. The Balaban J connectivity index is 1.36. The number of benzene rings is 1. The first-order chi connectivity index (χ1) is 14.6. The maximum atomic E-state index is 13.3. The largest absolute Gasteiger partial charge is 0.484 e. The molecule has 31 heavy (non-hydrogen) atoms. The summed E-state index contributed by atoms with van der Waals surface area (Å²) in [6.07, 6.45) is -0.455. The molecule has 1 saturated heterocycles. The quantitative estimate of drug-likeness (QED) is 0.580. The van der Waals surface area contributed by atoms with Crippen LogP contribution >= 0.6 is 11.6 Å². The number of halogens is 5. The average molecular weight is 461 g/mol. The van der Waals surface area contributed by atoms with Crippen molar-refractivity contribution in [2.24, 2.45) is 0 Å². The molecule has 1 fully saturated rings. The van der Waals surface area contributed by atoms with Gasteiger partial charge in [0.05, 0.1) is 23.6 Å². The summed E-state index contributed by atoms with van der Waals surface area (Å²) in [4.78, 5) is 17.5. The van der Waals surface area contributed by atoms with Gasteiger partial charge in [-0.25, -0.2) is 9.37 Å². The fourth-order valence-electron chi connectivity index (χ4n) is 3.10. The van der Waals surface area contributed by atoms with Crippen LogP contribution in [0, 0.1) is 5.82 Å². The standard InChI is InChI=1S/C20H21ClF4N4O2/c1-13(4-5-26-19(30)10-31-15-2-3-16(21)17(22)6-15)29-9-18(27-12-29)14-7-28(8-14)11-20(23,24)25/h2-3,6,9,12,14H,1,4-5,7-8,10-11H2,(H,26,30). The van der Waals surface area contributed by atoms with E-state index in [1.807, 2.05) is 0 Å². The van der Waals surface area contributed by atoms with E-state index in [1.54, 1.807) is 17.1 Å². The van der Waals surface area contributed by atoms with E-state index in [4.69, 9.17) is 16.3 Å². The lowest BCUT2D eigenvalue weighted by Crippen LogP contribution is -2.49. The molecular weight excluding hydrogens is 440 g/mol. The Hall–Kier alpha value is -2.59. The highest BCUT2D eigenvalue weighted by molar-refractivity contribution is 6.30. The van der Waals surface area contributed by atoms with Gasteiger partial charge in [0.15, 0.2) is 6.61 Å². The van der Waals surface area contributed by atoms with Gasteiger partial charge in [-0.3, -0.25) is 9.69 Å². The molecule has 1 aromatic carbocycles. The van der Waals surface area contributed by atoms with Crippen LogP contribution in [0.4, 0.5) is 17.6 Å². The highest BCUT2D eigenvalue weighted by Gasteiger charge is 2.38. The van der Waals surface area contributed by atoms with Gasteiger partial charge in [-0.1, -0.05) is 18.2 Å². The fourth-order valence-corrected chi connectivity index (χ4v) is 3.22. The molecule has 0 atom stereocenters. The van der Waals surface area contributed by atoms with Crippen LogP contribution < -0.4 is 10.1 Å². The first kappa shape index (κ1) is 23.1. The number of hydrogen-bond donors (Lipinski definition) is 1. The number of hydrogen-bond acceptors (Lipinski definition) is 4. The van der Waals surface area contributed by atoms with E-state index in [1.165, 1.54) is 17.0 Å². The molecule has 2 heterocycles. The molecule has 0 bridgehead atoms. The summed E-state index contributed by atoms with van der Waals surface area (Å²) >= 11 is 5.58. The monoisotopic (exact) mass is 460 g/mol. The number of carbonyl (C=O) groups excluding carboxylic acids is 1. The SMILES string of the molecule is C=C(CCNC(=O)COc1ccc(Cl)c(F)c1)n1cnc(C2CN(CC(F)(F)F)C2)c1. The smallest absolute Gasteiger partial charge is 0.401 e. The molecule has 2 aromatic rings. The van der Waals surface area contributed by atoms with Crippen molar-refractivity contribution in [2.75, 3.05) is 32.8 Å². The maximum Gasteiger partial charge on any atom is 0.401 e. The lowest BCUT2D eigenvalue weighted by Gasteiger charge is -2.38. The maximum absolute atomic E-state index is 13.3. The number of rotatable bonds is 9. The van der Waals surface area contributed by atoms with Crippen LogP contribution in [0.1, 0.15) is 18.0 Å². The van der Waals surface area contributed by atoms with Crippen molar-refractivity contribution in [3.05, 3.63) is 53.8 Å². The predicted octanol–water partition coefficient (Wildman–Crippen LogP) is 3.69. The van der Waals surface area contributed by atoms with Crippen LogP contribution in [0.2, 0.25) is 5.02 Å². The Morgan fingerprint density at radius 2 is 2.10 bits per heavy atom. The summed E-state index contributed by atoms with van der Waals surface area (Å²) in [6.45, 7) is 3.68. The number of imidazole rings is 1. The second-order valence-electron chi connectivity index (χ2n) is 7.24. The number of alkyl halides is 3. The van der Waals surface area contributed by atoms with Gasteiger partial charge in [0, 0.05) is 49.9 Å². The van der Waals surface area contributed by atoms with Crippen LogP contribution in [0.3, 0.4) is 0 Å². The lowest BCUT2D eigenvalue weighted by molar-refractivity contribution is -0.155. The molecule has 0 aliphatic carbocycles. The van der Waals surface area contributed by atoms with Gasteiger partial charge in [0.25, 0.3) is 5.91 Å². The van der Waals surface area contributed by atoms with Crippen molar-refractivity contribution < 1.29 is 27.1 Å². The van der Waals surface area contributed by atoms with E-state index in [2.05, 4.69) is 16.9 Å². The van der Waals surface area contributed by atoms with Gasteiger partial charge in [-0.15, -0.1) is 0 Å². The third-order valence-electron chi connectivity index (χ3n) is 4.74. The lowest BCUT2D eigenvalue weighted by atomic mass is 9.97. The van der Waals surface area contributed by atoms with Crippen molar-refractivity contribution in [3.8, 4) is 5.75 Å². The zero-order chi connectivity index (χ0) is 22.6. The van der Waals surface area contributed by atoms with Crippen molar-refractivity contribution in [3.63, 3.8) is 0 Å². The number of amides is 1. The summed E-state index contributed by atoms with van der Waals surface area (Å²) in [5.74, 6) is -0.859. The van der Waals surface area contributed by atoms with Crippen molar-refractivity contribution in [2.45, 2.75) is 18.5 Å². The minimum absolute atomic E-state index is 0.0334. The minimum Gasteiger partial charge on any atom is -0.484 e. The van der Waals surface area contributed by atoms with Crippen LogP contribution in [0.15, 0.2) is 37.3 Å². The van der Waals surface area contributed by atoms with Crippen molar-refractivity contribution in [1.82, 2.24) is 19.8 Å². The van der Waals surface area contributed by atoms with Crippen molar-refractivity contribution >= 4 is 23.2 Å². The second kappa shape index (κ2) is 9.69. The van der Waals surface area contributed by atoms with E-state index in [0.717, 1.165) is 6.07 Å². The highest BCUT2D eigenvalue weighted by Crippen LogP contribution is 2.29. The summed E-state index contributed by atoms with van der Waals surface area (Å²) in [6, 6.07) is 3.89. The van der Waals surface area contributed by atoms with Gasteiger partial charge in [-0.05, 0) is 12.1 Å².